The molecule has 0 unspecified atom stereocenters. The number of hydrogen-bond donors (Lipinski definition) is 6. The molecule has 6 atom stereocenters. The van der Waals surface area contributed by atoms with Crippen LogP contribution < -0.4 is 0 Å². The summed E-state index contributed by atoms with van der Waals surface area (Å²) in [6.07, 6.45) is -11.9. The van der Waals surface area contributed by atoms with Crippen molar-refractivity contribution in [2.24, 2.45) is 0 Å². The highest BCUT2D eigenvalue weighted by Gasteiger charge is 2.49. The van der Waals surface area contributed by atoms with E-state index in [1.807, 2.05) is 0 Å². The Balaban J connectivity index is 2.84. The summed E-state index contributed by atoms with van der Waals surface area (Å²) >= 11 is 0. The zero-order valence-corrected chi connectivity index (χ0v) is 9.80. The van der Waals surface area contributed by atoms with E-state index in [0.717, 1.165) is 0 Å². The molecule has 0 aromatic carbocycles. The van der Waals surface area contributed by atoms with E-state index in [1.165, 1.54) is 0 Å². The van der Waals surface area contributed by atoms with Crippen molar-refractivity contribution in [1.82, 2.24) is 0 Å². The van der Waals surface area contributed by atoms with Gasteiger partial charge in [-0.15, -0.1) is 0 Å². The van der Waals surface area contributed by atoms with Crippen LogP contribution in [-0.2, 0) is 13.8 Å². The van der Waals surface area contributed by atoms with Gasteiger partial charge in [0.25, 0.3) is 0 Å². The van der Waals surface area contributed by atoms with E-state index < -0.39 is 51.3 Å². The van der Waals surface area contributed by atoms with E-state index in [1.54, 1.807) is 0 Å². The third kappa shape index (κ3) is 3.67. The summed E-state index contributed by atoms with van der Waals surface area (Å²) in [7, 11) is -5.08. The van der Waals surface area contributed by atoms with E-state index in [0.29, 0.717) is 0 Å². The minimum atomic E-state index is -5.08. The highest BCUT2D eigenvalue weighted by atomic mass is 31.2. The minimum absolute atomic E-state index is 0.867. The smallest absolute Gasteiger partial charge is 0.394 e. The number of halogens is 1. The maximum absolute atomic E-state index is 13.4. The molecule has 1 aliphatic rings. The first-order valence-corrected chi connectivity index (χ1v) is 6.39. The Hall–Kier alpha value is -0.160. The summed E-state index contributed by atoms with van der Waals surface area (Å²) < 4.78 is 32.5. The summed E-state index contributed by atoms with van der Waals surface area (Å²) in [5.74, 6) is 0. The first kappa shape index (κ1) is 15.9. The van der Waals surface area contributed by atoms with Gasteiger partial charge in [0.15, 0.2) is 6.17 Å². The Morgan fingerprint density at radius 2 is 1.89 bits per heavy atom. The number of rotatable bonds is 4. The number of hydrogen-bond acceptors (Lipinski definition) is 7. The molecule has 0 aliphatic carbocycles. The normalized spacial score (nSPS) is 39.6. The molecule has 1 saturated heterocycles. The summed E-state index contributed by atoms with van der Waals surface area (Å²) in [6, 6.07) is 0. The summed E-state index contributed by atoms with van der Waals surface area (Å²) in [6.45, 7) is -0.867. The molecule has 1 aliphatic heterocycles. The van der Waals surface area contributed by atoms with Crippen LogP contribution in [0.3, 0.4) is 0 Å². The Morgan fingerprint density at radius 1 is 1.33 bits per heavy atom. The summed E-state index contributed by atoms with van der Waals surface area (Å²) in [4.78, 5) is 17.0. The minimum Gasteiger partial charge on any atom is -0.394 e. The van der Waals surface area contributed by atoms with Gasteiger partial charge in [-0.25, -0.2) is 8.96 Å². The quantitative estimate of drug-likeness (QED) is 0.302. The molecule has 0 spiro atoms. The van der Waals surface area contributed by atoms with E-state index in [-0.39, 0.29) is 0 Å². The number of alkyl halides is 1. The number of ether oxygens (including phenoxy) is 1. The first-order chi connectivity index (χ1) is 8.17. The van der Waals surface area contributed by atoms with Gasteiger partial charge in [0.2, 0.25) is 6.29 Å². The topological polar surface area (TPSA) is 157 Å². The Morgan fingerprint density at radius 3 is 2.33 bits per heavy atom. The van der Waals surface area contributed by atoms with Crippen molar-refractivity contribution >= 4 is 7.82 Å². The van der Waals surface area contributed by atoms with E-state index in [4.69, 9.17) is 14.9 Å². The zero-order valence-electron chi connectivity index (χ0n) is 8.90. The molecule has 0 saturated carbocycles. The zero-order chi connectivity index (χ0) is 14.1. The second-order valence-corrected chi connectivity index (χ2v) is 4.93. The van der Waals surface area contributed by atoms with Gasteiger partial charge in [0, 0.05) is 0 Å². The van der Waals surface area contributed by atoms with Crippen molar-refractivity contribution in [3.05, 3.63) is 0 Å². The van der Waals surface area contributed by atoms with Gasteiger partial charge in [0.1, 0.15) is 24.4 Å². The second-order valence-electron chi connectivity index (χ2n) is 3.74. The van der Waals surface area contributed by atoms with Crippen molar-refractivity contribution in [2.45, 2.75) is 36.9 Å². The van der Waals surface area contributed by atoms with Crippen LogP contribution in [0.5, 0.6) is 0 Å². The SMILES string of the molecule is O=P(O)(O)O[C@@H]1O[C@H]([C@@H](O)CO)[C@@H](O)[C@H](O)[C@H]1F. The number of phosphoric ester groups is 1. The molecule has 1 heterocycles. The lowest BCUT2D eigenvalue weighted by molar-refractivity contribution is -0.279. The van der Waals surface area contributed by atoms with E-state index >= 15 is 0 Å². The number of aliphatic hydroxyl groups is 4. The fourth-order valence-corrected chi connectivity index (χ4v) is 1.93. The lowest BCUT2D eigenvalue weighted by Crippen LogP contribution is -2.60. The van der Waals surface area contributed by atoms with Crippen LogP contribution in [0.15, 0.2) is 0 Å². The average Bonchev–Trinajstić information content (AvgIpc) is 2.27. The van der Waals surface area contributed by atoms with Crippen LogP contribution in [0.1, 0.15) is 0 Å². The van der Waals surface area contributed by atoms with E-state index in [2.05, 4.69) is 9.26 Å². The van der Waals surface area contributed by atoms with Crippen molar-refractivity contribution in [2.75, 3.05) is 6.61 Å². The Bertz CT molecular complexity index is 322. The molecule has 1 fully saturated rings. The van der Waals surface area contributed by atoms with Crippen LogP contribution in [0, 0.1) is 0 Å². The molecule has 0 amide bonds. The highest BCUT2D eigenvalue weighted by molar-refractivity contribution is 7.46. The molecule has 0 radical (unpaired) electrons. The predicted octanol–water partition coefficient (Wildman–Crippen LogP) is -2.77. The van der Waals surface area contributed by atoms with Crippen molar-refractivity contribution < 1.29 is 48.4 Å². The van der Waals surface area contributed by atoms with E-state index in [9.17, 15) is 24.3 Å². The molecule has 0 bridgehead atoms. The standard InChI is InChI=1S/C7H14FO9P/c8-3-4(11)5(12)6(2(10)1-9)16-7(3)17-18(13,14)15/h2-7,9-12H,1H2,(H2,13,14,15)/t2-,3+,4+,5-,6+,7-/m0/s1. The predicted molar refractivity (Wildman–Crippen MR) is 51.8 cm³/mol. The monoisotopic (exact) mass is 292 g/mol. The highest BCUT2D eigenvalue weighted by Crippen LogP contribution is 2.41. The Kier molecular flexibility index (Phi) is 5.18. The van der Waals surface area contributed by atoms with Crippen LogP contribution in [0.2, 0.25) is 0 Å². The molecule has 9 nitrogen and oxygen atoms in total. The number of phosphoric acid groups is 1. The third-order valence-electron chi connectivity index (χ3n) is 2.37. The maximum atomic E-state index is 13.4. The fourth-order valence-electron chi connectivity index (χ4n) is 1.49. The van der Waals surface area contributed by atoms with Crippen LogP contribution >= 0.6 is 7.82 Å². The molecule has 1 rings (SSSR count). The molecule has 11 heteroatoms. The van der Waals surface area contributed by atoms with Crippen molar-refractivity contribution in [1.29, 1.82) is 0 Å². The average molecular weight is 292 g/mol. The molecule has 0 aromatic heterocycles. The van der Waals surface area contributed by atoms with Crippen molar-refractivity contribution in [3.8, 4) is 0 Å². The molecule has 0 aromatic rings. The molecule has 6 N–H and O–H groups in total. The van der Waals surface area contributed by atoms with Gasteiger partial charge in [-0.05, 0) is 0 Å². The molecule has 108 valence electrons. The summed E-state index contributed by atoms with van der Waals surface area (Å²) in [5.41, 5.74) is 0. The van der Waals surface area contributed by atoms with Gasteiger partial charge >= 0.3 is 7.82 Å². The van der Waals surface area contributed by atoms with Gasteiger partial charge in [-0.1, -0.05) is 0 Å². The van der Waals surface area contributed by atoms with Gasteiger partial charge in [-0.2, -0.15) is 0 Å². The molecular formula is C7H14FO9P. The third-order valence-corrected chi connectivity index (χ3v) is 2.85. The van der Waals surface area contributed by atoms with Crippen molar-refractivity contribution in [3.63, 3.8) is 0 Å². The number of aliphatic hydroxyl groups excluding tert-OH is 4. The van der Waals surface area contributed by atoms with Crippen LogP contribution in [-0.4, -0.2) is 73.7 Å². The maximum Gasteiger partial charge on any atom is 0.472 e. The lowest BCUT2D eigenvalue weighted by atomic mass is 9.96. The first-order valence-electron chi connectivity index (χ1n) is 4.86. The van der Waals surface area contributed by atoms with Gasteiger partial charge in [-0.3, -0.25) is 4.52 Å². The summed E-state index contributed by atoms with van der Waals surface area (Å²) in [5, 5.41) is 36.6. The van der Waals surface area contributed by atoms with Gasteiger partial charge in [0.05, 0.1) is 6.61 Å². The largest absolute Gasteiger partial charge is 0.472 e. The second kappa shape index (κ2) is 5.87. The Labute approximate surface area is 101 Å². The molecular weight excluding hydrogens is 278 g/mol. The fraction of sp³-hybridized carbons (Fsp3) is 1.00. The van der Waals surface area contributed by atoms with Crippen LogP contribution in [0.4, 0.5) is 4.39 Å². The lowest BCUT2D eigenvalue weighted by Gasteiger charge is -2.40. The van der Waals surface area contributed by atoms with Crippen LogP contribution in [0.25, 0.3) is 0 Å². The van der Waals surface area contributed by atoms with Gasteiger partial charge < -0.3 is 34.9 Å². The molecule has 18 heavy (non-hydrogen) atoms.